The molecule has 0 aliphatic carbocycles. The van der Waals surface area contributed by atoms with Gasteiger partial charge in [-0.3, -0.25) is 9.97 Å². The molecule has 2 unspecified atom stereocenters. The second-order valence-electron chi connectivity index (χ2n) is 5.29. The number of aromatic nitrogens is 2. The molecule has 0 aliphatic rings. The molecule has 0 saturated carbocycles. The molecule has 0 spiro atoms. The fourth-order valence-corrected chi connectivity index (χ4v) is 2.47. The van der Waals surface area contributed by atoms with Crippen molar-refractivity contribution in [1.29, 1.82) is 0 Å². The number of hydrogen-bond acceptors (Lipinski definition) is 3. The molecule has 2 atom stereocenters. The predicted molar refractivity (Wildman–Crippen MR) is 82.5 cm³/mol. The van der Waals surface area contributed by atoms with Crippen LogP contribution in [0.1, 0.15) is 54.9 Å². The third kappa shape index (κ3) is 3.42. The first kappa shape index (κ1) is 14.7. The Morgan fingerprint density at radius 3 is 2.30 bits per heavy atom. The lowest BCUT2D eigenvalue weighted by Gasteiger charge is -2.23. The highest BCUT2D eigenvalue weighted by Gasteiger charge is 2.16. The normalized spacial score (nSPS) is 14.0. The van der Waals surface area contributed by atoms with Crippen molar-refractivity contribution >= 4 is 0 Å². The predicted octanol–water partition coefficient (Wildman–Crippen LogP) is 3.90. The number of nitrogens with zero attached hydrogens (tertiary/aromatic N) is 2. The zero-order valence-electron chi connectivity index (χ0n) is 12.7. The van der Waals surface area contributed by atoms with E-state index in [-0.39, 0.29) is 6.04 Å². The van der Waals surface area contributed by atoms with Gasteiger partial charge in [0.15, 0.2) is 0 Å². The van der Waals surface area contributed by atoms with Crippen LogP contribution in [0.5, 0.6) is 0 Å². The Morgan fingerprint density at radius 2 is 1.70 bits per heavy atom. The largest absolute Gasteiger partial charge is 0.302 e. The first-order chi connectivity index (χ1) is 9.61. The molecule has 3 heteroatoms. The van der Waals surface area contributed by atoms with Crippen molar-refractivity contribution in [2.45, 2.75) is 46.2 Å². The van der Waals surface area contributed by atoms with Gasteiger partial charge in [0.1, 0.15) is 0 Å². The molecule has 1 aromatic carbocycles. The van der Waals surface area contributed by atoms with E-state index in [9.17, 15) is 0 Å². The Labute approximate surface area is 121 Å². The Bertz CT molecular complexity index is 548. The van der Waals surface area contributed by atoms with Crippen LogP contribution in [0.15, 0.2) is 36.7 Å². The Balaban J connectivity index is 2.14. The average Bonchev–Trinajstić information content (AvgIpc) is 2.46. The molecule has 106 valence electrons. The Morgan fingerprint density at radius 1 is 1.05 bits per heavy atom. The van der Waals surface area contributed by atoms with Crippen LogP contribution in [-0.4, -0.2) is 9.97 Å². The summed E-state index contributed by atoms with van der Waals surface area (Å²) >= 11 is 0. The van der Waals surface area contributed by atoms with Crippen molar-refractivity contribution in [3.8, 4) is 0 Å². The lowest BCUT2D eigenvalue weighted by atomic mass is 10.0. The quantitative estimate of drug-likeness (QED) is 0.894. The van der Waals surface area contributed by atoms with Gasteiger partial charge in [-0.1, -0.05) is 36.8 Å². The molecule has 0 aliphatic heterocycles. The third-order valence-corrected chi connectivity index (χ3v) is 3.67. The summed E-state index contributed by atoms with van der Waals surface area (Å²) in [6.07, 6.45) is 4.54. The molecule has 1 aromatic heterocycles. The molecule has 0 fully saturated rings. The van der Waals surface area contributed by atoms with Gasteiger partial charge in [-0.2, -0.15) is 0 Å². The molecule has 0 saturated heterocycles. The van der Waals surface area contributed by atoms with Crippen molar-refractivity contribution in [3.05, 3.63) is 59.2 Å². The number of aryl methyl sites for hydroxylation is 2. The van der Waals surface area contributed by atoms with E-state index < -0.39 is 0 Å². The maximum Gasteiger partial charge on any atom is 0.0782 e. The van der Waals surface area contributed by atoms with Gasteiger partial charge in [0, 0.05) is 24.5 Å². The van der Waals surface area contributed by atoms with E-state index in [1.54, 1.807) is 12.4 Å². The van der Waals surface area contributed by atoms with Gasteiger partial charge in [-0.15, -0.1) is 0 Å². The highest BCUT2D eigenvalue weighted by Crippen LogP contribution is 2.22. The summed E-state index contributed by atoms with van der Waals surface area (Å²) in [6.45, 7) is 8.47. The van der Waals surface area contributed by atoms with Crippen LogP contribution in [0, 0.1) is 13.8 Å². The van der Waals surface area contributed by atoms with Crippen molar-refractivity contribution in [2.75, 3.05) is 0 Å². The maximum absolute atomic E-state index is 4.45. The minimum absolute atomic E-state index is 0.190. The summed E-state index contributed by atoms with van der Waals surface area (Å²) < 4.78 is 0. The van der Waals surface area contributed by atoms with Crippen molar-refractivity contribution in [1.82, 2.24) is 15.3 Å². The van der Waals surface area contributed by atoms with Gasteiger partial charge < -0.3 is 5.32 Å². The van der Waals surface area contributed by atoms with Gasteiger partial charge in [0.05, 0.1) is 11.4 Å². The maximum atomic E-state index is 4.45. The summed E-state index contributed by atoms with van der Waals surface area (Å²) in [5.41, 5.74) is 4.64. The fraction of sp³-hybridized carbons (Fsp3) is 0.412. The van der Waals surface area contributed by atoms with Gasteiger partial charge in [-0.05, 0) is 32.8 Å². The molecular formula is C17H23N3. The monoisotopic (exact) mass is 269 g/mol. The van der Waals surface area contributed by atoms with E-state index in [2.05, 4.69) is 60.3 Å². The van der Waals surface area contributed by atoms with E-state index in [1.807, 2.05) is 6.92 Å². The highest BCUT2D eigenvalue weighted by molar-refractivity contribution is 5.24. The van der Waals surface area contributed by atoms with Crippen LogP contribution in [0.2, 0.25) is 0 Å². The zero-order valence-corrected chi connectivity index (χ0v) is 12.7. The van der Waals surface area contributed by atoms with E-state index in [0.717, 1.165) is 17.8 Å². The van der Waals surface area contributed by atoms with Crippen LogP contribution < -0.4 is 5.32 Å². The summed E-state index contributed by atoms with van der Waals surface area (Å²) in [7, 11) is 0. The van der Waals surface area contributed by atoms with Crippen LogP contribution >= 0.6 is 0 Å². The molecule has 2 aromatic rings. The molecular weight excluding hydrogens is 246 g/mol. The van der Waals surface area contributed by atoms with Gasteiger partial charge >= 0.3 is 0 Å². The topological polar surface area (TPSA) is 37.8 Å². The number of rotatable bonds is 5. The fourth-order valence-electron chi connectivity index (χ4n) is 2.47. The van der Waals surface area contributed by atoms with Gasteiger partial charge in [0.2, 0.25) is 0 Å². The second kappa shape index (κ2) is 6.62. The number of hydrogen-bond donors (Lipinski definition) is 1. The minimum atomic E-state index is 0.190. The lowest BCUT2D eigenvalue weighted by Crippen LogP contribution is -2.25. The first-order valence-corrected chi connectivity index (χ1v) is 7.22. The standard InChI is InChI=1S/C17H23N3/c1-5-16(15-8-6-12(2)7-9-15)20-14(4)17-13(3)18-10-11-19-17/h6-11,14,16,20H,5H2,1-4H3. The third-order valence-electron chi connectivity index (χ3n) is 3.67. The summed E-state index contributed by atoms with van der Waals surface area (Å²) in [5, 5.41) is 3.66. The molecule has 3 nitrogen and oxygen atoms in total. The van der Waals surface area contributed by atoms with Crippen molar-refractivity contribution in [2.24, 2.45) is 0 Å². The SMILES string of the molecule is CCC(NC(C)c1nccnc1C)c1ccc(C)cc1. The second-order valence-corrected chi connectivity index (χ2v) is 5.29. The molecule has 20 heavy (non-hydrogen) atoms. The van der Waals surface area contributed by atoms with Crippen LogP contribution in [0.4, 0.5) is 0 Å². The van der Waals surface area contributed by atoms with Crippen molar-refractivity contribution in [3.63, 3.8) is 0 Å². The number of nitrogens with one attached hydrogen (secondary N) is 1. The summed E-state index contributed by atoms with van der Waals surface area (Å²) in [5.74, 6) is 0. The molecule has 0 radical (unpaired) electrons. The zero-order chi connectivity index (χ0) is 14.5. The smallest absolute Gasteiger partial charge is 0.0782 e. The lowest BCUT2D eigenvalue weighted by molar-refractivity contribution is 0.447. The molecule has 1 N–H and O–H groups in total. The summed E-state index contributed by atoms with van der Waals surface area (Å²) in [4.78, 5) is 8.76. The molecule has 1 heterocycles. The van der Waals surface area contributed by atoms with Crippen LogP contribution in [0.3, 0.4) is 0 Å². The molecule has 0 amide bonds. The van der Waals surface area contributed by atoms with E-state index in [0.29, 0.717) is 6.04 Å². The highest BCUT2D eigenvalue weighted by atomic mass is 15.0. The average molecular weight is 269 g/mol. The van der Waals surface area contributed by atoms with Gasteiger partial charge in [-0.25, -0.2) is 0 Å². The van der Waals surface area contributed by atoms with E-state index in [1.165, 1.54) is 11.1 Å². The van der Waals surface area contributed by atoms with Crippen LogP contribution in [-0.2, 0) is 0 Å². The number of benzene rings is 1. The van der Waals surface area contributed by atoms with E-state index >= 15 is 0 Å². The Hall–Kier alpha value is -1.74. The molecule has 2 rings (SSSR count). The summed E-state index contributed by atoms with van der Waals surface area (Å²) in [6, 6.07) is 9.26. The van der Waals surface area contributed by atoms with Crippen LogP contribution in [0.25, 0.3) is 0 Å². The molecule has 0 bridgehead atoms. The Kier molecular flexibility index (Phi) is 4.85. The van der Waals surface area contributed by atoms with Gasteiger partial charge in [0.25, 0.3) is 0 Å². The van der Waals surface area contributed by atoms with E-state index in [4.69, 9.17) is 0 Å². The first-order valence-electron chi connectivity index (χ1n) is 7.22. The van der Waals surface area contributed by atoms with Crippen molar-refractivity contribution < 1.29 is 0 Å². The minimum Gasteiger partial charge on any atom is -0.302 e.